The molecule has 2 aliphatic heterocycles. The highest BCUT2D eigenvalue weighted by Gasteiger charge is 2.40. The van der Waals surface area contributed by atoms with Crippen LogP contribution in [-0.2, 0) is 20.8 Å². The summed E-state index contributed by atoms with van der Waals surface area (Å²) < 4.78 is 38.4. The summed E-state index contributed by atoms with van der Waals surface area (Å²) in [5.41, 5.74) is 1.29. The minimum Gasteiger partial charge on any atom is -0.494 e. The van der Waals surface area contributed by atoms with E-state index in [1.807, 2.05) is 24.3 Å². The summed E-state index contributed by atoms with van der Waals surface area (Å²) in [5.74, 6) is -2.09. The van der Waals surface area contributed by atoms with Gasteiger partial charge in [0.15, 0.2) is 5.69 Å². The molecule has 0 saturated carbocycles. The summed E-state index contributed by atoms with van der Waals surface area (Å²) in [6.45, 7) is 3.12. The van der Waals surface area contributed by atoms with Crippen molar-refractivity contribution in [2.24, 2.45) is 5.92 Å². The number of carbonyl (C=O) groups excluding carboxylic acids is 3. The van der Waals surface area contributed by atoms with Gasteiger partial charge in [0.2, 0.25) is 11.8 Å². The fraction of sp³-hybridized carbons (Fsp3) is 0.367. The van der Waals surface area contributed by atoms with Crippen LogP contribution in [0, 0.1) is 24.5 Å². The monoisotopic (exact) mass is 598 g/mol. The molecule has 2 N–H and O–H groups in total. The maximum atomic E-state index is 13.7. The topological polar surface area (TPSA) is 142 Å². The molecule has 228 valence electrons. The van der Waals surface area contributed by atoms with Gasteiger partial charge in [0.05, 0.1) is 18.9 Å². The molecule has 1 fully saturated rings. The van der Waals surface area contributed by atoms with Gasteiger partial charge in [-0.3, -0.25) is 19.2 Å². The number of fused-ring (bicyclic) bond motifs is 4. The molecule has 3 amide bonds. The number of rotatable bonds is 3. The van der Waals surface area contributed by atoms with Gasteiger partial charge >= 0.3 is 0 Å². The number of likely N-dealkylation sites (tertiary alicyclic amines) is 1. The zero-order chi connectivity index (χ0) is 30.9. The van der Waals surface area contributed by atoms with Crippen molar-refractivity contribution >= 4 is 24.2 Å². The van der Waals surface area contributed by atoms with E-state index in [1.165, 1.54) is 0 Å². The van der Waals surface area contributed by atoms with Crippen LogP contribution in [0.3, 0.4) is 0 Å². The molecular formula is C30H32F2N4O7. The molecule has 0 spiro atoms. The lowest BCUT2D eigenvalue weighted by atomic mass is 9.88. The second kappa shape index (κ2) is 14.4. The summed E-state index contributed by atoms with van der Waals surface area (Å²) in [4.78, 5) is 51.1. The van der Waals surface area contributed by atoms with Crippen molar-refractivity contribution in [1.29, 1.82) is 0 Å². The standard InChI is InChI=1S/C29H30F2N4O5.CH2O2/c1-18-10-26(33-40-18)29(38)34-7-3-9-39-23-5-2-4-20(14-23)24-16-35(17-25(24)28(37)32-6-8-34)27(36)13-19-11-21(30)15-22(31)12-19;2-1-3/h2,4-5,10-12,14-15,24-25H,3,6-9,13,16-17H2,1H3,(H,32,37);1H,(H,2,3)/t24-,25+;/m1./s1. The molecule has 2 aliphatic rings. The van der Waals surface area contributed by atoms with E-state index >= 15 is 0 Å². The van der Waals surface area contributed by atoms with E-state index in [0.717, 1.165) is 23.8 Å². The lowest BCUT2D eigenvalue weighted by Gasteiger charge is -2.24. The van der Waals surface area contributed by atoms with Gasteiger partial charge < -0.3 is 29.5 Å². The Morgan fingerprint density at radius 1 is 1.07 bits per heavy atom. The number of halogens is 2. The Hall–Kier alpha value is -4.81. The predicted molar refractivity (Wildman–Crippen MR) is 148 cm³/mol. The van der Waals surface area contributed by atoms with Crippen molar-refractivity contribution in [3.05, 3.63) is 82.7 Å². The summed E-state index contributed by atoms with van der Waals surface area (Å²) in [5, 5.41) is 13.6. The van der Waals surface area contributed by atoms with E-state index < -0.39 is 17.6 Å². The molecule has 13 heteroatoms. The van der Waals surface area contributed by atoms with Gasteiger partial charge in [-0.1, -0.05) is 17.3 Å². The van der Waals surface area contributed by atoms with Crippen LogP contribution in [0.2, 0.25) is 0 Å². The molecule has 43 heavy (non-hydrogen) atoms. The summed E-state index contributed by atoms with van der Waals surface area (Å²) >= 11 is 0. The number of hydrogen-bond acceptors (Lipinski definition) is 7. The first-order valence-corrected chi connectivity index (χ1v) is 13.7. The van der Waals surface area contributed by atoms with Crippen LogP contribution in [-0.4, -0.2) is 83.6 Å². The predicted octanol–water partition coefficient (Wildman–Crippen LogP) is 2.79. The molecule has 0 aliphatic carbocycles. The van der Waals surface area contributed by atoms with Crippen LogP contribution >= 0.6 is 0 Å². The van der Waals surface area contributed by atoms with Crippen molar-refractivity contribution in [2.75, 3.05) is 39.3 Å². The van der Waals surface area contributed by atoms with Crippen LogP contribution in [0.4, 0.5) is 8.78 Å². The van der Waals surface area contributed by atoms with Crippen LogP contribution in [0.25, 0.3) is 0 Å². The Labute approximate surface area is 246 Å². The molecule has 5 rings (SSSR count). The van der Waals surface area contributed by atoms with Gasteiger partial charge in [0.1, 0.15) is 23.1 Å². The SMILES string of the molecule is Cc1cc(C(=O)N2CCCOc3cccc(c3)[C@H]3CN(C(=O)Cc4cc(F)cc(F)c4)C[C@@H]3C(=O)NCC2)no1.O=CO. The summed E-state index contributed by atoms with van der Waals surface area (Å²) in [7, 11) is 0. The molecule has 3 heterocycles. The number of amides is 3. The van der Waals surface area contributed by atoms with E-state index in [-0.39, 0.29) is 74.0 Å². The van der Waals surface area contributed by atoms with E-state index in [1.54, 1.807) is 22.8 Å². The first kappa shape index (κ1) is 31.1. The Bertz CT molecular complexity index is 1440. The number of aryl methyl sites for hydroxylation is 1. The van der Waals surface area contributed by atoms with Crippen molar-refractivity contribution in [3.8, 4) is 5.75 Å². The lowest BCUT2D eigenvalue weighted by Crippen LogP contribution is -2.42. The number of ether oxygens (including phenoxy) is 1. The van der Waals surface area contributed by atoms with E-state index in [0.29, 0.717) is 31.1 Å². The zero-order valence-electron chi connectivity index (χ0n) is 23.5. The maximum Gasteiger partial charge on any atom is 0.290 e. The molecule has 11 nitrogen and oxygen atoms in total. The molecule has 1 aromatic heterocycles. The van der Waals surface area contributed by atoms with Crippen LogP contribution in [0.15, 0.2) is 53.1 Å². The normalized spacial score (nSPS) is 18.7. The lowest BCUT2D eigenvalue weighted by molar-refractivity contribution is -0.130. The second-order valence-corrected chi connectivity index (χ2v) is 10.3. The molecule has 2 bridgehead atoms. The Morgan fingerprint density at radius 3 is 2.49 bits per heavy atom. The van der Waals surface area contributed by atoms with E-state index in [2.05, 4.69) is 10.5 Å². The minimum atomic E-state index is -0.750. The van der Waals surface area contributed by atoms with Gasteiger partial charge in [0.25, 0.3) is 12.4 Å². The Balaban J connectivity index is 0.00000135. The summed E-state index contributed by atoms with van der Waals surface area (Å²) in [6.07, 6.45) is 0.382. The Kier molecular flexibility index (Phi) is 10.4. The quantitative estimate of drug-likeness (QED) is 0.439. The zero-order valence-corrected chi connectivity index (χ0v) is 23.5. The van der Waals surface area contributed by atoms with Gasteiger partial charge in [-0.25, -0.2) is 8.78 Å². The molecule has 1 saturated heterocycles. The molecule has 2 aromatic carbocycles. The van der Waals surface area contributed by atoms with E-state index in [9.17, 15) is 23.2 Å². The van der Waals surface area contributed by atoms with Crippen LogP contribution < -0.4 is 10.1 Å². The van der Waals surface area contributed by atoms with Crippen molar-refractivity contribution < 1.29 is 42.3 Å². The smallest absolute Gasteiger partial charge is 0.290 e. The third-order valence-corrected chi connectivity index (χ3v) is 7.23. The number of aromatic nitrogens is 1. The first-order valence-electron chi connectivity index (χ1n) is 13.7. The van der Waals surface area contributed by atoms with E-state index in [4.69, 9.17) is 19.2 Å². The number of nitrogens with zero attached hydrogens (tertiary/aromatic N) is 3. The highest BCUT2D eigenvalue weighted by Crippen LogP contribution is 2.35. The fourth-order valence-electron chi connectivity index (χ4n) is 5.28. The number of hydrogen-bond donors (Lipinski definition) is 2. The van der Waals surface area contributed by atoms with Gasteiger partial charge in [-0.2, -0.15) is 0 Å². The number of benzene rings is 2. The number of carboxylic acid groups (broad SMARTS) is 1. The first-order chi connectivity index (χ1) is 20.7. The average molecular weight is 599 g/mol. The highest BCUT2D eigenvalue weighted by molar-refractivity contribution is 5.92. The van der Waals surface area contributed by atoms with Crippen LogP contribution in [0.1, 0.15) is 39.7 Å². The number of nitrogens with one attached hydrogen (secondary N) is 1. The van der Waals surface area contributed by atoms with Crippen molar-refractivity contribution in [1.82, 2.24) is 20.3 Å². The van der Waals surface area contributed by atoms with Gasteiger partial charge in [-0.05, 0) is 48.7 Å². The minimum absolute atomic E-state index is 0.152. The molecule has 2 atom stereocenters. The van der Waals surface area contributed by atoms with Crippen LogP contribution in [0.5, 0.6) is 5.75 Å². The van der Waals surface area contributed by atoms with Crippen molar-refractivity contribution in [3.63, 3.8) is 0 Å². The third kappa shape index (κ3) is 8.15. The Morgan fingerprint density at radius 2 is 1.79 bits per heavy atom. The van der Waals surface area contributed by atoms with Gasteiger partial charge in [0, 0.05) is 50.8 Å². The van der Waals surface area contributed by atoms with Crippen molar-refractivity contribution in [2.45, 2.75) is 25.7 Å². The molecule has 0 unspecified atom stereocenters. The largest absolute Gasteiger partial charge is 0.494 e. The number of carbonyl (C=O) groups is 4. The molecule has 3 aromatic rings. The second-order valence-electron chi connectivity index (χ2n) is 10.3. The maximum absolute atomic E-state index is 13.7. The highest BCUT2D eigenvalue weighted by atomic mass is 19.1. The fourth-order valence-corrected chi connectivity index (χ4v) is 5.28. The molecular weight excluding hydrogens is 566 g/mol. The average Bonchev–Trinajstić information content (AvgIpc) is 3.61. The third-order valence-electron chi connectivity index (χ3n) is 7.23. The molecule has 0 radical (unpaired) electrons. The van der Waals surface area contributed by atoms with Gasteiger partial charge in [-0.15, -0.1) is 0 Å². The summed E-state index contributed by atoms with van der Waals surface area (Å²) in [6, 6.07) is 12.0.